The van der Waals surface area contributed by atoms with Crippen LogP contribution < -0.4 is 0 Å². The van der Waals surface area contributed by atoms with Crippen LogP contribution in [0.1, 0.15) is 11.3 Å². The van der Waals surface area contributed by atoms with E-state index in [1.54, 1.807) is 23.3 Å². The Morgan fingerprint density at radius 3 is 2.97 bits per heavy atom. The van der Waals surface area contributed by atoms with Crippen molar-refractivity contribution in [2.45, 2.75) is 13.0 Å². The van der Waals surface area contributed by atoms with Gasteiger partial charge in [0.1, 0.15) is 0 Å². The predicted octanol–water partition coefficient (Wildman–Crippen LogP) is 1.73. The molecule has 1 aromatic carbocycles. The second kappa shape index (κ2) is 8.05. The molecule has 32 heavy (non-hydrogen) atoms. The van der Waals surface area contributed by atoms with Gasteiger partial charge in [-0.05, 0) is 23.8 Å². The molecule has 162 valence electrons. The highest BCUT2D eigenvalue weighted by atomic mass is 32.2. The van der Waals surface area contributed by atoms with E-state index in [0.29, 0.717) is 41.2 Å². The number of hydrogen-bond donors (Lipinski definition) is 1. The van der Waals surface area contributed by atoms with E-state index in [9.17, 15) is 8.42 Å². The number of nitrogens with one attached hydrogen (secondary N) is 1. The van der Waals surface area contributed by atoms with Crippen molar-refractivity contribution in [2.24, 2.45) is 0 Å². The maximum Gasteiger partial charge on any atom is 0.264 e. The highest BCUT2D eigenvalue weighted by Gasteiger charge is 2.15. The molecule has 12 heteroatoms. The van der Waals surface area contributed by atoms with Gasteiger partial charge in [-0.15, -0.1) is 5.10 Å². The minimum Gasteiger partial charge on any atom is -0.285 e. The van der Waals surface area contributed by atoms with Gasteiger partial charge in [-0.25, -0.2) is 14.6 Å². The molecule has 1 N–H and O–H groups in total. The molecule has 5 rings (SSSR count). The summed E-state index contributed by atoms with van der Waals surface area (Å²) in [5.74, 6) is 0. The lowest BCUT2D eigenvalue weighted by atomic mass is 10.1. The van der Waals surface area contributed by atoms with Gasteiger partial charge in [-0.3, -0.25) is 14.3 Å². The zero-order valence-electron chi connectivity index (χ0n) is 17.0. The summed E-state index contributed by atoms with van der Waals surface area (Å²) >= 11 is 0. The van der Waals surface area contributed by atoms with Crippen LogP contribution in [-0.4, -0.2) is 61.4 Å². The highest BCUT2D eigenvalue weighted by Crippen LogP contribution is 2.22. The Bertz CT molecular complexity index is 1530. The lowest BCUT2D eigenvalue weighted by molar-refractivity contribution is 0.324. The molecule has 0 radical (unpaired) electrons. The lowest BCUT2D eigenvalue weighted by Gasteiger charge is -2.05. The average Bonchev–Trinajstić information content (AvgIpc) is 3.40. The highest BCUT2D eigenvalue weighted by molar-refractivity contribution is 7.85. The molecule has 0 unspecified atom stereocenters. The van der Waals surface area contributed by atoms with E-state index < -0.39 is 10.1 Å². The molecule has 0 aliphatic heterocycles. The fourth-order valence-electron chi connectivity index (χ4n) is 3.41. The first-order chi connectivity index (χ1) is 15.5. The second-order valence-electron chi connectivity index (χ2n) is 7.20. The van der Waals surface area contributed by atoms with E-state index in [2.05, 4.69) is 36.5 Å². The number of aromatic nitrogens is 8. The molecule has 0 spiro atoms. The average molecular weight is 450 g/mol. The summed E-state index contributed by atoms with van der Waals surface area (Å²) in [7, 11) is -3.52. The molecule has 0 aliphatic rings. The Balaban J connectivity index is 1.44. The Morgan fingerprint density at radius 2 is 2.09 bits per heavy atom. The summed E-state index contributed by atoms with van der Waals surface area (Å²) in [6.07, 6.45) is 6.36. The molecule has 0 amide bonds. The third-order valence-electron chi connectivity index (χ3n) is 4.86. The standard InChI is InChI=1S/C20H18N8O3S/c1-32(29,30)31-8-6-17-15(10-23-25-17)18-11-22-19-20(24-18)28(27-26-19)12-13-4-5-16-14(9-13)3-2-7-21-16/h2-5,7,9-11H,6,8,12H2,1H3,(H,23,25). The third kappa shape index (κ3) is 4.18. The van der Waals surface area contributed by atoms with Crippen molar-refractivity contribution in [1.82, 2.24) is 40.1 Å². The summed E-state index contributed by atoms with van der Waals surface area (Å²) < 4.78 is 28.9. The minimum absolute atomic E-state index is 0.0112. The summed E-state index contributed by atoms with van der Waals surface area (Å²) in [5.41, 5.74) is 4.84. The van der Waals surface area contributed by atoms with Crippen molar-refractivity contribution in [2.75, 3.05) is 12.9 Å². The first kappa shape index (κ1) is 20.2. The van der Waals surface area contributed by atoms with Crippen molar-refractivity contribution in [3.05, 3.63) is 60.2 Å². The third-order valence-corrected chi connectivity index (χ3v) is 5.45. The van der Waals surface area contributed by atoms with E-state index in [4.69, 9.17) is 9.17 Å². The molecule has 0 atom stereocenters. The molecule has 0 fully saturated rings. The number of hydrogen-bond acceptors (Lipinski definition) is 9. The summed E-state index contributed by atoms with van der Waals surface area (Å²) in [5, 5.41) is 16.3. The summed E-state index contributed by atoms with van der Waals surface area (Å²) in [6.45, 7) is 0.461. The van der Waals surface area contributed by atoms with Gasteiger partial charge in [0.15, 0.2) is 5.65 Å². The molecular formula is C20H18N8O3S. The van der Waals surface area contributed by atoms with Crippen molar-refractivity contribution in [3.63, 3.8) is 0 Å². The van der Waals surface area contributed by atoms with E-state index >= 15 is 0 Å². The molecular weight excluding hydrogens is 432 g/mol. The number of benzene rings is 1. The van der Waals surface area contributed by atoms with Gasteiger partial charge in [-0.2, -0.15) is 13.5 Å². The largest absolute Gasteiger partial charge is 0.285 e. The van der Waals surface area contributed by atoms with Gasteiger partial charge in [-0.1, -0.05) is 17.3 Å². The number of pyridine rings is 1. The number of fused-ring (bicyclic) bond motifs is 2. The number of H-pyrrole nitrogens is 1. The Hall–Kier alpha value is -3.77. The van der Waals surface area contributed by atoms with E-state index in [-0.39, 0.29) is 6.61 Å². The number of aromatic amines is 1. The Morgan fingerprint density at radius 1 is 1.19 bits per heavy atom. The molecule has 4 heterocycles. The smallest absolute Gasteiger partial charge is 0.264 e. The normalized spacial score (nSPS) is 12.0. The SMILES string of the molecule is CS(=O)(=O)OCCc1n[nH]cc1-c1cnc2nnn(Cc3ccc4ncccc4c3)c2n1. The first-order valence-corrected chi connectivity index (χ1v) is 11.6. The number of rotatable bonds is 7. The van der Waals surface area contributed by atoms with E-state index in [1.807, 2.05) is 24.3 Å². The molecule has 0 saturated carbocycles. The van der Waals surface area contributed by atoms with Gasteiger partial charge in [0.2, 0.25) is 5.65 Å². The van der Waals surface area contributed by atoms with Crippen LogP contribution >= 0.6 is 0 Å². The molecule has 5 aromatic rings. The van der Waals surface area contributed by atoms with Crippen LogP contribution in [0, 0.1) is 0 Å². The fraction of sp³-hybridized carbons (Fsp3) is 0.200. The fourth-order valence-corrected chi connectivity index (χ4v) is 3.79. The molecule has 0 saturated heterocycles. The van der Waals surface area contributed by atoms with E-state index in [1.165, 1.54) is 0 Å². The summed E-state index contributed by atoms with van der Waals surface area (Å²) in [6, 6.07) is 9.94. The minimum atomic E-state index is -3.52. The van der Waals surface area contributed by atoms with Gasteiger partial charge >= 0.3 is 0 Å². The van der Waals surface area contributed by atoms with Crippen molar-refractivity contribution < 1.29 is 12.6 Å². The first-order valence-electron chi connectivity index (χ1n) is 9.73. The molecule has 0 aliphatic carbocycles. The molecule has 11 nitrogen and oxygen atoms in total. The van der Waals surface area contributed by atoms with Crippen LogP contribution in [0.15, 0.2) is 48.9 Å². The maximum atomic E-state index is 11.2. The van der Waals surface area contributed by atoms with Gasteiger partial charge in [0.05, 0.1) is 42.5 Å². The van der Waals surface area contributed by atoms with Gasteiger partial charge in [0, 0.05) is 29.8 Å². The monoisotopic (exact) mass is 450 g/mol. The van der Waals surface area contributed by atoms with Crippen molar-refractivity contribution in [1.29, 1.82) is 0 Å². The van der Waals surface area contributed by atoms with Crippen LogP contribution in [-0.2, 0) is 27.3 Å². The van der Waals surface area contributed by atoms with Crippen LogP contribution in [0.3, 0.4) is 0 Å². The van der Waals surface area contributed by atoms with Crippen LogP contribution in [0.25, 0.3) is 33.5 Å². The zero-order chi connectivity index (χ0) is 22.1. The van der Waals surface area contributed by atoms with Crippen LogP contribution in [0.2, 0.25) is 0 Å². The second-order valence-corrected chi connectivity index (χ2v) is 8.85. The lowest BCUT2D eigenvalue weighted by Crippen LogP contribution is -2.07. The quantitative estimate of drug-likeness (QED) is 0.367. The van der Waals surface area contributed by atoms with Gasteiger partial charge in [0.25, 0.3) is 10.1 Å². The summed E-state index contributed by atoms with van der Waals surface area (Å²) in [4.78, 5) is 13.4. The Kier molecular flexibility index (Phi) is 5.07. The van der Waals surface area contributed by atoms with Crippen molar-refractivity contribution >= 4 is 32.3 Å². The topological polar surface area (TPSA) is 141 Å². The molecule has 0 bridgehead atoms. The Labute approximate surface area is 182 Å². The van der Waals surface area contributed by atoms with E-state index in [0.717, 1.165) is 22.7 Å². The zero-order valence-corrected chi connectivity index (χ0v) is 17.8. The molecule has 4 aromatic heterocycles. The van der Waals surface area contributed by atoms with Gasteiger partial charge < -0.3 is 0 Å². The van der Waals surface area contributed by atoms with Crippen LogP contribution in [0.4, 0.5) is 0 Å². The maximum absolute atomic E-state index is 11.2. The number of nitrogens with zero attached hydrogens (tertiary/aromatic N) is 7. The predicted molar refractivity (Wildman–Crippen MR) is 116 cm³/mol. The van der Waals surface area contributed by atoms with Crippen molar-refractivity contribution in [3.8, 4) is 11.3 Å². The van der Waals surface area contributed by atoms with Crippen LogP contribution in [0.5, 0.6) is 0 Å².